The Morgan fingerprint density at radius 3 is 2.81 bits per heavy atom. The van der Waals surface area contributed by atoms with Gasteiger partial charge in [-0.1, -0.05) is 12.1 Å². The molecule has 0 bridgehead atoms. The first-order valence-electron chi connectivity index (χ1n) is 6.34. The SMILES string of the molecule is O=C(O)c1cccc2c1CCN(S(=O)(=O)c1ccn[nH]1)C2. The molecule has 1 aromatic heterocycles. The van der Waals surface area contributed by atoms with Gasteiger partial charge in [-0.05, 0) is 29.7 Å². The van der Waals surface area contributed by atoms with Crippen molar-refractivity contribution in [1.29, 1.82) is 0 Å². The van der Waals surface area contributed by atoms with E-state index in [9.17, 15) is 18.3 Å². The molecule has 21 heavy (non-hydrogen) atoms. The van der Waals surface area contributed by atoms with Gasteiger partial charge in [0.2, 0.25) is 0 Å². The smallest absolute Gasteiger partial charge is 0.335 e. The predicted molar refractivity (Wildman–Crippen MR) is 73.3 cm³/mol. The van der Waals surface area contributed by atoms with Crippen LogP contribution in [0.2, 0.25) is 0 Å². The highest BCUT2D eigenvalue weighted by Gasteiger charge is 2.30. The molecule has 110 valence electrons. The molecule has 1 aliphatic rings. The van der Waals surface area contributed by atoms with E-state index in [1.807, 2.05) is 0 Å². The number of aromatic amines is 1. The van der Waals surface area contributed by atoms with Gasteiger partial charge in [-0.25, -0.2) is 13.2 Å². The lowest BCUT2D eigenvalue weighted by Gasteiger charge is -2.28. The standard InChI is InChI=1S/C13H13N3O4S/c17-13(18)11-3-1-2-9-8-16(7-5-10(9)11)21(19,20)12-4-6-14-15-12/h1-4,6H,5,7-8H2,(H,14,15)(H,17,18). The van der Waals surface area contributed by atoms with Crippen molar-refractivity contribution >= 4 is 16.0 Å². The lowest BCUT2D eigenvalue weighted by Crippen LogP contribution is -2.36. The fourth-order valence-electron chi connectivity index (χ4n) is 2.51. The number of nitrogens with one attached hydrogen (secondary N) is 1. The van der Waals surface area contributed by atoms with Crippen molar-refractivity contribution in [3.63, 3.8) is 0 Å². The largest absolute Gasteiger partial charge is 0.478 e. The number of H-pyrrole nitrogens is 1. The number of carboxylic acid groups (broad SMARTS) is 1. The number of aromatic carboxylic acids is 1. The maximum Gasteiger partial charge on any atom is 0.335 e. The molecule has 0 spiro atoms. The van der Waals surface area contributed by atoms with Crippen LogP contribution < -0.4 is 0 Å². The molecule has 0 unspecified atom stereocenters. The molecular formula is C13H13N3O4S. The highest BCUT2D eigenvalue weighted by atomic mass is 32.2. The molecule has 0 aliphatic carbocycles. The van der Waals surface area contributed by atoms with E-state index >= 15 is 0 Å². The third-order valence-corrected chi connectivity index (χ3v) is 5.33. The molecule has 2 heterocycles. The summed E-state index contributed by atoms with van der Waals surface area (Å²) >= 11 is 0. The lowest BCUT2D eigenvalue weighted by molar-refractivity contribution is 0.0695. The lowest BCUT2D eigenvalue weighted by atomic mass is 9.95. The third kappa shape index (κ3) is 2.32. The number of fused-ring (bicyclic) bond motifs is 1. The number of benzene rings is 1. The van der Waals surface area contributed by atoms with Gasteiger partial charge in [0.05, 0.1) is 11.8 Å². The summed E-state index contributed by atoms with van der Waals surface area (Å²) in [6.07, 6.45) is 1.76. The van der Waals surface area contributed by atoms with Gasteiger partial charge < -0.3 is 5.11 Å². The van der Waals surface area contributed by atoms with Crippen LogP contribution in [-0.4, -0.2) is 40.5 Å². The zero-order chi connectivity index (χ0) is 15.0. The number of carboxylic acids is 1. The second-order valence-corrected chi connectivity index (χ2v) is 6.66. The number of carbonyl (C=O) groups is 1. The minimum absolute atomic E-state index is 0.0420. The number of rotatable bonds is 3. The van der Waals surface area contributed by atoms with Crippen LogP contribution in [0.4, 0.5) is 0 Å². The highest BCUT2D eigenvalue weighted by molar-refractivity contribution is 7.89. The number of aromatic nitrogens is 2. The maximum absolute atomic E-state index is 12.4. The van der Waals surface area contributed by atoms with Gasteiger partial charge in [0.1, 0.15) is 0 Å². The van der Waals surface area contributed by atoms with Crippen molar-refractivity contribution < 1.29 is 18.3 Å². The van der Waals surface area contributed by atoms with Crippen LogP contribution in [0.5, 0.6) is 0 Å². The Morgan fingerprint density at radius 2 is 2.14 bits per heavy atom. The van der Waals surface area contributed by atoms with E-state index in [1.165, 1.54) is 16.6 Å². The Bertz CT molecular complexity index is 784. The minimum Gasteiger partial charge on any atom is -0.478 e. The summed E-state index contributed by atoms with van der Waals surface area (Å²) in [5, 5.41) is 15.3. The number of hydrogen-bond acceptors (Lipinski definition) is 4. The number of hydrogen-bond donors (Lipinski definition) is 2. The van der Waals surface area contributed by atoms with Crippen LogP contribution in [-0.2, 0) is 23.0 Å². The topological polar surface area (TPSA) is 103 Å². The molecule has 1 aromatic carbocycles. The van der Waals surface area contributed by atoms with Crippen LogP contribution in [0.15, 0.2) is 35.5 Å². The van der Waals surface area contributed by atoms with Crippen molar-refractivity contribution in [3.8, 4) is 0 Å². The predicted octanol–water partition coefficient (Wildman–Crippen LogP) is 0.855. The fourth-order valence-corrected chi connectivity index (χ4v) is 3.83. The Morgan fingerprint density at radius 1 is 1.33 bits per heavy atom. The summed E-state index contributed by atoms with van der Waals surface area (Å²) in [6.45, 7) is 0.413. The van der Waals surface area contributed by atoms with Gasteiger partial charge in [-0.3, -0.25) is 5.10 Å². The van der Waals surface area contributed by atoms with Crippen molar-refractivity contribution in [2.45, 2.75) is 18.0 Å². The normalized spacial score (nSPS) is 15.6. The van der Waals surface area contributed by atoms with Gasteiger partial charge in [0.15, 0.2) is 5.03 Å². The summed E-state index contributed by atoms with van der Waals surface area (Å²) in [4.78, 5) is 11.2. The van der Waals surface area contributed by atoms with Gasteiger partial charge >= 0.3 is 5.97 Å². The van der Waals surface area contributed by atoms with Crippen LogP contribution in [0.25, 0.3) is 0 Å². The molecule has 7 nitrogen and oxygen atoms in total. The van der Waals surface area contributed by atoms with E-state index in [0.29, 0.717) is 12.0 Å². The van der Waals surface area contributed by atoms with Crippen LogP contribution in [0.3, 0.4) is 0 Å². The molecule has 0 saturated carbocycles. The average Bonchev–Trinajstić information content (AvgIpc) is 3.00. The van der Waals surface area contributed by atoms with Gasteiger partial charge in [0.25, 0.3) is 10.0 Å². The summed E-state index contributed by atoms with van der Waals surface area (Å²) in [5.74, 6) is -0.989. The van der Waals surface area contributed by atoms with E-state index in [1.54, 1.807) is 18.2 Å². The summed E-state index contributed by atoms with van der Waals surface area (Å²) in [5.41, 5.74) is 1.68. The van der Waals surface area contributed by atoms with Crippen molar-refractivity contribution in [1.82, 2.24) is 14.5 Å². The maximum atomic E-state index is 12.4. The molecule has 0 amide bonds. The second kappa shape index (κ2) is 4.97. The molecular weight excluding hydrogens is 294 g/mol. The molecule has 1 aliphatic heterocycles. The number of nitrogens with zero attached hydrogens (tertiary/aromatic N) is 2. The molecule has 0 atom stereocenters. The first-order chi connectivity index (χ1) is 10.00. The second-order valence-electron chi connectivity index (χ2n) is 4.76. The highest BCUT2D eigenvalue weighted by Crippen LogP contribution is 2.26. The molecule has 0 fully saturated rings. The van der Waals surface area contributed by atoms with E-state index in [-0.39, 0.29) is 23.7 Å². The van der Waals surface area contributed by atoms with Crippen LogP contribution in [0, 0.1) is 0 Å². The van der Waals surface area contributed by atoms with E-state index in [0.717, 1.165) is 5.56 Å². The summed E-state index contributed by atoms with van der Waals surface area (Å²) in [7, 11) is -3.63. The van der Waals surface area contributed by atoms with Crippen LogP contribution >= 0.6 is 0 Å². The summed E-state index contributed by atoms with van der Waals surface area (Å²) in [6, 6.07) is 6.34. The summed E-state index contributed by atoms with van der Waals surface area (Å²) < 4.78 is 26.2. The zero-order valence-electron chi connectivity index (χ0n) is 11.0. The molecule has 0 saturated heterocycles. The Hall–Kier alpha value is -2.19. The minimum atomic E-state index is -3.63. The van der Waals surface area contributed by atoms with E-state index < -0.39 is 16.0 Å². The molecule has 8 heteroatoms. The van der Waals surface area contributed by atoms with Crippen molar-refractivity contribution in [2.24, 2.45) is 0 Å². The van der Waals surface area contributed by atoms with Crippen LogP contribution in [0.1, 0.15) is 21.5 Å². The van der Waals surface area contributed by atoms with Crippen molar-refractivity contribution in [3.05, 3.63) is 47.2 Å². The van der Waals surface area contributed by atoms with Gasteiger partial charge in [-0.15, -0.1) is 0 Å². The van der Waals surface area contributed by atoms with Gasteiger partial charge in [0, 0.05) is 13.1 Å². The molecule has 3 rings (SSSR count). The third-order valence-electron chi connectivity index (χ3n) is 3.55. The average molecular weight is 307 g/mol. The zero-order valence-corrected chi connectivity index (χ0v) is 11.8. The number of sulfonamides is 1. The fraction of sp³-hybridized carbons (Fsp3) is 0.231. The molecule has 2 aromatic rings. The molecule has 0 radical (unpaired) electrons. The Labute approximate surface area is 121 Å². The Kier molecular flexibility index (Phi) is 3.26. The molecule has 2 N–H and O–H groups in total. The monoisotopic (exact) mass is 307 g/mol. The van der Waals surface area contributed by atoms with E-state index in [2.05, 4.69) is 10.2 Å². The first kappa shape index (κ1) is 13.8. The van der Waals surface area contributed by atoms with E-state index in [4.69, 9.17) is 0 Å². The van der Waals surface area contributed by atoms with Crippen molar-refractivity contribution in [2.75, 3.05) is 6.54 Å². The Balaban J connectivity index is 1.96. The first-order valence-corrected chi connectivity index (χ1v) is 7.78. The van der Waals surface area contributed by atoms with Gasteiger partial charge in [-0.2, -0.15) is 9.40 Å². The quantitative estimate of drug-likeness (QED) is 0.875.